The molecular formula is C15H19N3O5. The van der Waals surface area contributed by atoms with E-state index in [0.29, 0.717) is 23.9 Å². The number of aliphatic carboxylic acids is 1. The number of hydrogen-bond acceptors (Lipinski definition) is 6. The second kappa shape index (κ2) is 7.57. The Labute approximate surface area is 132 Å². The molecule has 0 bridgehead atoms. The van der Waals surface area contributed by atoms with Crippen LogP contribution in [-0.4, -0.2) is 33.2 Å². The van der Waals surface area contributed by atoms with Crippen molar-refractivity contribution < 1.29 is 23.6 Å². The minimum atomic E-state index is -1.04. The number of carbonyl (C=O) groups excluding carboxylic acids is 1. The Kier molecular flexibility index (Phi) is 5.51. The van der Waals surface area contributed by atoms with Gasteiger partial charge in [-0.05, 0) is 24.5 Å². The summed E-state index contributed by atoms with van der Waals surface area (Å²) in [5.41, 5.74) is 0. The van der Waals surface area contributed by atoms with Gasteiger partial charge in [0.2, 0.25) is 17.6 Å². The number of aromatic nitrogens is 2. The van der Waals surface area contributed by atoms with Crippen LogP contribution in [-0.2, 0) is 16.0 Å². The normalized spacial score (nSPS) is 12.3. The molecule has 0 radical (unpaired) electrons. The van der Waals surface area contributed by atoms with E-state index in [1.54, 1.807) is 12.1 Å². The maximum Gasteiger partial charge on any atom is 0.326 e. The van der Waals surface area contributed by atoms with Gasteiger partial charge in [-0.3, -0.25) is 4.79 Å². The van der Waals surface area contributed by atoms with Crippen LogP contribution >= 0.6 is 0 Å². The van der Waals surface area contributed by atoms with E-state index in [1.807, 2.05) is 13.8 Å². The quantitative estimate of drug-likeness (QED) is 0.761. The maximum atomic E-state index is 11.9. The van der Waals surface area contributed by atoms with Crippen LogP contribution in [0.15, 0.2) is 27.3 Å². The molecule has 8 nitrogen and oxygen atoms in total. The lowest BCUT2D eigenvalue weighted by Crippen LogP contribution is -2.41. The van der Waals surface area contributed by atoms with Gasteiger partial charge in [-0.25, -0.2) is 4.79 Å². The van der Waals surface area contributed by atoms with Gasteiger partial charge in [-0.1, -0.05) is 19.0 Å². The summed E-state index contributed by atoms with van der Waals surface area (Å²) in [5.74, 6) is -0.146. The van der Waals surface area contributed by atoms with Crippen molar-refractivity contribution in [1.29, 1.82) is 0 Å². The molecule has 0 aliphatic rings. The number of amides is 1. The molecule has 0 aliphatic carbocycles. The smallest absolute Gasteiger partial charge is 0.326 e. The largest absolute Gasteiger partial charge is 0.480 e. The molecule has 0 fully saturated rings. The molecule has 0 aromatic carbocycles. The number of carbonyl (C=O) groups is 2. The van der Waals surface area contributed by atoms with Gasteiger partial charge in [0.15, 0.2) is 5.76 Å². The third-order valence-electron chi connectivity index (χ3n) is 3.12. The molecule has 1 amide bonds. The number of carboxylic acids is 1. The van der Waals surface area contributed by atoms with Crippen molar-refractivity contribution in [2.75, 3.05) is 0 Å². The van der Waals surface area contributed by atoms with Crippen molar-refractivity contribution in [2.24, 2.45) is 5.92 Å². The Balaban J connectivity index is 1.85. The summed E-state index contributed by atoms with van der Waals surface area (Å²) in [5, 5.41) is 15.4. The van der Waals surface area contributed by atoms with Crippen LogP contribution in [0, 0.1) is 5.92 Å². The molecule has 2 rings (SSSR count). The van der Waals surface area contributed by atoms with Crippen LogP contribution < -0.4 is 5.32 Å². The van der Waals surface area contributed by atoms with Gasteiger partial charge in [0.1, 0.15) is 6.04 Å². The van der Waals surface area contributed by atoms with Crippen molar-refractivity contribution in [3.8, 4) is 11.6 Å². The molecule has 0 saturated carbocycles. The third-order valence-corrected chi connectivity index (χ3v) is 3.12. The van der Waals surface area contributed by atoms with E-state index < -0.39 is 12.0 Å². The molecule has 0 unspecified atom stereocenters. The van der Waals surface area contributed by atoms with E-state index >= 15 is 0 Å². The summed E-state index contributed by atoms with van der Waals surface area (Å²) in [6.07, 6.45) is 2.18. The lowest BCUT2D eigenvalue weighted by Gasteiger charge is -2.16. The zero-order chi connectivity index (χ0) is 16.8. The van der Waals surface area contributed by atoms with Crippen molar-refractivity contribution in [3.63, 3.8) is 0 Å². The molecule has 1 atom stereocenters. The van der Waals surface area contributed by atoms with Crippen molar-refractivity contribution in [1.82, 2.24) is 15.5 Å². The lowest BCUT2D eigenvalue weighted by atomic mass is 10.0. The molecule has 0 spiro atoms. The second-order valence-corrected chi connectivity index (χ2v) is 5.58. The van der Waals surface area contributed by atoms with Crippen LogP contribution in [0.5, 0.6) is 0 Å². The average Bonchev–Trinajstić information content (AvgIpc) is 3.14. The first-order valence-corrected chi connectivity index (χ1v) is 7.34. The number of aryl methyl sites for hydroxylation is 1. The highest BCUT2D eigenvalue weighted by Gasteiger charge is 2.21. The number of furan rings is 1. The van der Waals surface area contributed by atoms with Crippen molar-refractivity contribution in [3.05, 3.63) is 24.3 Å². The van der Waals surface area contributed by atoms with Crippen molar-refractivity contribution >= 4 is 11.9 Å². The summed E-state index contributed by atoms with van der Waals surface area (Å²) in [7, 11) is 0. The summed E-state index contributed by atoms with van der Waals surface area (Å²) < 4.78 is 10.2. The number of hydrogen-bond donors (Lipinski definition) is 2. The summed E-state index contributed by atoms with van der Waals surface area (Å²) in [6, 6.07) is 2.52. The fourth-order valence-corrected chi connectivity index (χ4v) is 2.04. The Hall–Kier alpha value is -2.64. The zero-order valence-corrected chi connectivity index (χ0v) is 13.0. The first-order valence-electron chi connectivity index (χ1n) is 7.34. The molecule has 2 aromatic rings. The number of nitrogens with one attached hydrogen (secondary N) is 1. The lowest BCUT2D eigenvalue weighted by molar-refractivity contribution is -0.142. The fraction of sp³-hybridized carbons (Fsp3) is 0.467. The number of carboxylic acid groups (broad SMARTS) is 1. The molecule has 0 aliphatic heterocycles. The number of rotatable bonds is 8. The Bertz CT molecular complexity index is 648. The second-order valence-electron chi connectivity index (χ2n) is 5.58. The first kappa shape index (κ1) is 16.7. The molecular weight excluding hydrogens is 302 g/mol. The van der Waals surface area contributed by atoms with Gasteiger partial charge in [0.05, 0.1) is 6.26 Å². The number of nitrogens with zero attached hydrogens (tertiary/aromatic N) is 2. The third kappa shape index (κ3) is 4.94. The molecule has 23 heavy (non-hydrogen) atoms. The van der Waals surface area contributed by atoms with Gasteiger partial charge in [-0.2, -0.15) is 4.98 Å². The summed E-state index contributed by atoms with van der Waals surface area (Å²) >= 11 is 0. The molecule has 0 saturated heterocycles. The standard InChI is InChI=1S/C15H19N3O5/c1-9(2)8-10(15(20)21)16-12(19)5-6-13-17-14(18-23-13)11-4-3-7-22-11/h3-4,7,9-10H,5-6,8H2,1-2H3,(H,16,19)(H,20,21)/t10-/m1/s1. The minimum absolute atomic E-state index is 0.0711. The van der Waals surface area contributed by atoms with Crippen LogP contribution in [0.25, 0.3) is 11.6 Å². The minimum Gasteiger partial charge on any atom is -0.480 e. The predicted octanol–water partition coefficient (Wildman–Crippen LogP) is 1.88. The Morgan fingerprint density at radius 3 is 2.78 bits per heavy atom. The zero-order valence-electron chi connectivity index (χ0n) is 13.0. The van der Waals surface area contributed by atoms with Crippen LogP contribution in [0.3, 0.4) is 0 Å². The summed E-state index contributed by atoms with van der Waals surface area (Å²) in [6.45, 7) is 3.80. The van der Waals surface area contributed by atoms with E-state index in [-0.39, 0.29) is 24.7 Å². The van der Waals surface area contributed by atoms with E-state index in [2.05, 4.69) is 15.5 Å². The van der Waals surface area contributed by atoms with Crippen LogP contribution in [0.1, 0.15) is 32.6 Å². The fourth-order valence-electron chi connectivity index (χ4n) is 2.04. The molecule has 2 aromatic heterocycles. The molecule has 124 valence electrons. The highest BCUT2D eigenvalue weighted by Crippen LogP contribution is 2.16. The van der Waals surface area contributed by atoms with E-state index in [9.17, 15) is 9.59 Å². The Morgan fingerprint density at radius 1 is 1.39 bits per heavy atom. The van der Waals surface area contributed by atoms with Gasteiger partial charge < -0.3 is 19.4 Å². The average molecular weight is 321 g/mol. The van der Waals surface area contributed by atoms with E-state index in [1.165, 1.54) is 6.26 Å². The topological polar surface area (TPSA) is 118 Å². The highest BCUT2D eigenvalue weighted by molar-refractivity contribution is 5.83. The highest BCUT2D eigenvalue weighted by atomic mass is 16.5. The summed E-state index contributed by atoms with van der Waals surface area (Å²) in [4.78, 5) is 27.1. The van der Waals surface area contributed by atoms with Gasteiger partial charge in [0, 0.05) is 12.8 Å². The molecule has 2 N–H and O–H groups in total. The van der Waals surface area contributed by atoms with Gasteiger partial charge in [0.25, 0.3) is 0 Å². The van der Waals surface area contributed by atoms with E-state index in [4.69, 9.17) is 14.0 Å². The predicted molar refractivity (Wildman–Crippen MR) is 79.3 cm³/mol. The molecule has 8 heteroatoms. The molecule has 2 heterocycles. The first-order chi connectivity index (χ1) is 11.0. The van der Waals surface area contributed by atoms with Gasteiger partial charge >= 0.3 is 5.97 Å². The SMILES string of the molecule is CC(C)C[C@@H](NC(=O)CCc1nc(-c2ccco2)no1)C(=O)O. The maximum absolute atomic E-state index is 11.9. The monoisotopic (exact) mass is 321 g/mol. The van der Waals surface area contributed by atoms with Gasteiger partial charge in [-0.15, -0.1) is 0 Å². The van der Waals surface area contributed by atoms with E-state index in [0.717, 1.165) is 0 Å². The van der Waals surface area contributed by atoms with Crippen molar-refractivity contribution in [2.45, 2.75) is 39.2 Å². The Morgan fingerprint density at radius 2 is 2.17 bits per heavy atom. The van der Waals surface area contributed by atoms with Crippen LogP contribution in [0.4, 0.5) is 0 Å². The van der Waals surface area contributed by atoms with Crippen LogP contribution in [0.2, 0.25) is 0 Å².